The molecule has 1 amide bonds. The Morgan fingerprint density at radius 3 is 2.51 bits per heavy atom. The summed E-state index contributed by atoms with van der Waals surface area (Å²) in [7, 11) is 0. The maximum atomic E-state index is 13.0. The van der Waals surface area contributed by atoms with Gasteiger partial charge in [0.25, 0.3) is 5.91 Å². The van der Waals surface area contributed by atoms with Gasteiger partial charge in [0.15, 0.2) is 5.76 Å². The second-order valence-corrected chi connectivity index (χ2v) is 8.79. The normalized spacial score (nSPS) is 12.1. The van der Waals surface area contributed by atoms with Gasteiger partial charge in [-0.1, -0.05) is 29.8 Å². The van der Waals surface area contributed by atoms with Crippen LogP contribution in [0.25, 0.3) is 11.3 Å². The molecule has 0 fully saturated rings. The molecule has 2 aromatic carbocycles. The number of aryl methyl sites for hydroxylation is 3. The van der Waals surface area contributed by atoms with Gasteiger partial charge in [0.1, 0.15) is 5.76 Å². The number of fused-ring (bicyclic) bond motifs is 3. The van der Waals surface area contributed by atoms with Gasteiger partial charge in [0.05, 0.1) is 24.4 Å². The van der Waals surface area contributed by atoms with E-state index in [0.717, 1.165) is 41.0 Å². The van der Waals surface area contributed by atoms with Crippen LogP contribution in [0.15, 0.2) is 59.1 Å². The minimum atomic E-state index is -0.391. The zero-order valence-electron chi connectivity index (χ0n) is 20.1. The summed E-state index contributed by atoms with van der Waals surface area (Å²) in [6.45, 7) is 6.73. The lowest BCUT2D eigenvalue weighted by molar-refractivity contribution is 0.0526. The van der Waals surface area contributed by atoms with Crippen LogP contribution in [0.3, 0.4) is 0 Å². The quantitative estimate of drug-likeness (QED) is 0.386. The van der Waals surface area contributed by atoms with E-state index >= 15 is 0 Å². The average Bonchev–Trinajstić information content (AvgIpc) is 3.41. The van der Waals surface area contributed by atoms with E-state index in [2.05, 4.69) is 42.7 Å². The van der Waals surface area contributed by atoms with Crippen LogP contribution in [-0.4, -0.2) is 28.3 Å². The largest absolute Gasteiger partial charge is 0.462 e. The minimum Gasteiger partial charge on any atom is -0.462 e. The predicted octanol–water partition coefficient (Wildman–Crippen LogP) is 5.34. The zero-order chi connectivity index (χ0) is 24.5. The van der Waals surface area contributed by atoms with Crippen LogP contribution in [0.4, 0.5) is 5.69 Å². The second kappa shape index (κ2) is 9.25. The number of ether oxygens (including phenoxy) is 1. The second-order valence-electron chi connectivity index (χ2n) is 8.79. The first kappa shape index (κ1) is 22.7. The van der Waals surface area contributed by atoms with Crippen molar-refractivity contribution in [3.8, 4) is 11.3 Å². The predicted molar refractivity (Wildman–Crippen MR) is 133 cm³/mol. The fraction of sp³-hybridized carbons (Fsp3) is 0.250. The molecule has 7 nitrogen and oxygen atoms in total. The van der Waals surface area contributed by atoms with Crippen LogP contribution in [0, 0.1) is 13.8 Å². The van der Waals surface area contributed by atoms with E-state index < -0.39 is 5.97 Å². The van der Waals surface area contributed by atoms with Crippen LogP contribution in [0.1, 0.15) is 55.9 Å². The Hall–Kier alpha value is -4.13. The highest BCUT2D eigenvalue weighted by atomic mass is 16.5. The molecule has 0 unspecified atom stereocenters. The summed E-state index contributed by atoms with van der Waals surface area (Å²) in [5.41, 5.74) is 7.16. The highest BCUT2D eigenvalue weighted by Gasteiger charge is 2.29. The number of carbonyl (C=O) groups is 2. The van der Waals surface area contributed by atoms with Gasteiger partial charge < -0.3 is 14.5 Å². The first-order chi connectivity index (χ1) is 16.9. The van der Waals surface area contributed by atoms with Crippen molar-refractivity contribution in [3.63, 3.8) is 0 Å². The monoisotopic (exact) mass is 469 g/mol. The Kier molecular flexibility index (Phi) is 5.99. The molecule has 0 radical (unpaired) electrons. The Balaban J connectivity index is 1.36. The number of rotatable bonds is 6. The summed E-state index contributed by atoms with van der Waals surface area (Å²) in [6, 6.07) is 15.0. The van der Waals surface area contributed by atoms with E-state index in [1.165, 1.54) is 11.1 Å². The van der Waals surface area contributed by atoms with Gasteiger partial charge in [-0.15, -0.1) is 0 Å². The lowest BCUT2D eigenvalue weighted by Gasteiger charge is -2.09. The van der Waals surface area contributed by atoms with Crippen LogP contribution in [0.5, 0.6) is 0 Å². The maximum Gasteiger partial charge on any atom is 0.338 e. The molecule has 1 N–H and O–H groups in total. The Morgan fingerprint density at radius 1 is 1.06 bits per heavy atom. The maximum absolute atomic E-state index is 13.0. The molecule has 0 saturated carbocycles. The number of hydrogen-bond acceptors (Lipinski definition) is 5. The zero-order valence-corrected chi connectivity index (χ0v) is 20.1. The Labute approximate surface area is 203 Å². The molecular formula is C28H27N3O4. The number of nitrogens with one attached hydrogen (secondary N) is 1. The minimum absolute atomic E-state index is 0.283. The van der Waals surface area contributed by atoms with Gasteiger partial charge in [-0.05, 0) is 62.6 Å². The molecule has 0 saturated heterocycles. The number of esters is 1. The molecule has 35 heavy (non-hydrogen) atoms. The lowest BCUT2D eigenvalue weighted by atomic mass is 9.93. The third-order valence-corrected chi connectivity index (χ3v) is 6.24. The van der Waals surface area contributed by atoms with Crippen molar-refractivity contribution in [1.29, 1.82) is 0 Å². The van der Waals surface area contributed by atoms with E-state index in [-0.39, 0.29) is 11.7 Å². The molecular weight excluding hydrogens is 442 g/mol. The summed E-state index contributed by atoms with van der Waals surface area (Å²) in [5.74, 6) is 0.350. The van der Waals surface area contributed by atoms with Crippen LogP contribution in [-0.2, 0) is 24.1 Å². The number of benzene rings is 2. The summed E-state index contributed by atoms with van der Waals surface area (Å²) in [6.07, 6.45) is 3.63. The number of amides is 1. The molecule has 1 aliphatic rings. The molecule has 5 rings (SSSR count). The average molecular weight is 470 g/mol. The number of furan rings is 1. The molecule has 1 aliphatic carbocycles. The van der Waals surface area contributed by atoms with Crippen molar-refractivity contribution in [2.45, 2.75) is 40.2 Å². The highest BCUT2D eigenvalue weighted by Crippen LogP contribution is 2.38. The lowest BCUT2D eigenvalue weighted by Crippen LogP contribution is -2.12. The van der Waals surface area contributed by atoms with E-state index in [4.69, 9.17) is 14.3 Å². The molecule has 0 spiro atoms. The van der Waals surface area contributed by atoms with E-state index in [1.807, 2.05) is 11.6 Å². The number of anilines is 1. The van der Waals surface area contributed by atoms with Gasteiger partial charge in [-0.2, -0.15) is 5.10 Å². The first-order valence-electron chi connectivity index (χ1n) is 11.8. The number of aromatic nitrogens is 2. The summed E-state index contributed by atoms with van der Waals surface area (Å²) in [5, 5.41) is 7.71. The standard InChI is InChI=1S/C28H27N3O4/c1-4-34-28(33)20-9-12-22(13-10-20)29-27(32)26-18(3)24-23(35-26)14-11-21-16-31(30-25(21)24)15-19-7-5-17(2)6-8-19/h5-10,12-13,16H,4,11,14-15H2,1-3H3,(H,29,32). The topological polar surface area (TPSA) is 86.4 Å². The molecule has 178 valence electrons. The van der Waals surface area contributed by atoms with Gasteiger partial charge in [-0.3, -0.25) is 9.48 Å². The molecule has 0 atom stereocenters. The van der Waals surface area contributed by atoms with E-state index in [9.17, 15) is 9.59 Å². The molecule has 0 aliphatic heterocycles. The Morgan fingerprint density at radius 2 is 1.80 bits per heavy atom. The summed E-state index contributed by atoms with van der Waals surface area (Å²) >= 11 is 0. The van der Waals surface area contributed by atoms with Crippen LogP contribution in [0.2, 0.25) is 0 Å². The smallest absolute Gasteiger partial charge is 0.338 e. The van der Waals surface area contributed by atoms with Crippen LogP contribution < -0.4 is 5.32 Å². The van der Waals surface area contributed by atoms with Crippen molar-refractivity contribution in [2.75, 3.05) is 11.9 Å². The van der Waals surface area contributed by atoms with E-state index in [0.29, 0.717) is 24.4 Å². The number of carbonyl (C=O) groups excluding carboxylic acids is 2. The highest BCUT2D eigenvalue weighted by molar-refractivity contribution is 6.05. The number of nitrogens with zero attached hydrogens (tertiary/aromatic N) is 2. The summed E-state index contributed by atoms with van der Waals surface area (Å²) in [4.78, 5) is 24.9. The fourth-order valence-corrected chi connectivity index (χ4v) is 4.43. The van der Waals surface area contributed by atoms with Gasteiger partial charge in [0.2, 0.25) is 0 Å². The first-order valence-corrected chi connectivity index (χ1v) is 11.8. The third-order valence-electron chi connectivity index (χ3n) is 6.24. The van der Waals surface area contributed by atoms with Crippen molar-refractivity contribution >= 4 is 17.6 Å². The van der Waals surface area contributed by atoms with Crippen molar-refractivity contribution < 1.29 is 18.7 Å². The van der Waals surface area contributed by atoms with Crippen LogP contribution >= 0.6 is 0 Å². The fourth-order valence-electron chi connectivity index (χ4n) is 4.43. The van der Waals surface area contributed by atoms with Crippen molar-refractivity contribution in [3.05, 3.63) is 94.1 Å². The Bertz CT molecular complexity index is 1400. The molecule has 4 aromatic rings. The van der Waals surface area contributed by atoms with Gasteiger partial charge in [0, 0.05) is 29.4 Å². The SMILES string of the molecule is CCOC(=O)c1ccc(NC(=O)c2oc3c(c2C)-c2nn(Cc4ccc(C)cc4)cc2CC3)cc1. The van der Waals surface area contributed by atoms with Gasteiger partial charge >= 0.3 is 5.97 Å². The molecule has 2 heterocycles. The molecule has 0 bridgehead atoms. The third kappa shape index (κ3) is 4.49. The molecule has 2 aromatic heterocycles. The summed E-state index contributed by atoms with van der Waals surface area (Å²) < 4.78 is 13.0. The number of hydrogen-bond donors (Lipinski definition) is 1. The van der Waals surface area contributed by atoms with Gasteiger partial charge in [-0.25, -0.2) is 4.79 Å². The molecule has 7 heteroatoms. The van der Waals surface area contributed by atoms with Crippen molar-refractivity contribution in [2.24, 2.45) is 0 Å². The van der Waals surface area contributed by atoms with E-state index in [1.54, 1.807) is 31.2 Å². The van der Waals surface area contributed by atoms with Crippen molar-refractivity contribution in [1.82, 2.24) is 9.78 Å².